The number of nitrogens with zero attached hydrogens (tertiary/aromatic N) is 3. The summed E-state index contributed by atoms with van der Waals surface area (Å²) in [6, 6.07) is 7.74. The lowest BCUT2D eigenvalue weighted by Gasteiger charge is -2.13. The molecule has 0 unspecified atom stereocenters. The van der Waals surface area contributed by atoms with E-state index in [0.29, 0.717) is 18.2 Å². The summed E-state index contributed by atoms with van der Waals surface area (Å²) in [5, 5.41) is 17.7. The molecule has 0 radical (unpaired) electrons. The molecule has 0 amide bonds. The highest BCUT2D eigenvalue weighted by atomic mass is 16.5. The molecule has 1 heterocycles. The molecular weight excluding hydrogens is 254 g/mol. The fraction of sp³-hybridized carbons (Fsp3) is 0.467. The fourth-order valence-corrected chi connectivity index (χ4v) is 2.15. The molecule has 0 saturated carbocycles. The minimum absolute atomic E-state index is 0.0984. The average Bonchev–Trinajstić information content (AvgIpc) is 2.82. The number of aromatic nitrogens is 3. The summed E-state index contributed by atoms with van der Waals surface area (Å²) in [6.07, 6.45) is 0.809. The first-order chi connectivity index (χ1) is 9.67. The van der Waals surface area contributed by atoms with E-state index >= 15 is 0 Å². The highest BCUT2D eigenvalue weighted by Crippen LogP contribution is 2.25. The number of benzene rings is 1. The summed E-state index contributed by atoms with van der Waals surface area (Å²) in [5.74, 6) is 1.23. The first-order valence-electron chi connectivity index (χ1n) is 6.93. The number of hydrogen-bond acceptors (Lipinski definition) is 4. The summed E-state index contributed by atoms with van der Waals surface area (Å²) in [5.41, 5.74) is 2.43. The lowest BCUT2D eigenvalue weighted by atomic mass is 10.1. The maximum Gasteiger partial charge on any atom is 0.145 e. The predicted molar refractivity (Wildman–Crippen MR) is 77.0 cm³/mol. The van der Waals surface area contributed by atoms with Crippen molar-refractivity contribution in [3.05, 3.63) is 35.7 Å². The maximum absolute atomic E-state index is 9.42. The van der Waals surface area contributed by atoms with Gasteiger partial charge in [-0.1, -0.05) is 31.2 Å². The maximum atomic E-state index is 9.42. The Morgan fingerprint density at radius 1 is 1.30 bits per heavy atom. The van der Waals surface area contributed by atoms with Crippen molar-refractivity contribution in [3.8, 4) is 11.4 Å². The largest absolute Gasteiger partial charge is 0.492 e. The number of hydrogen-bond donors (Lipinski definition) is 1. The summed E-state index contributed by atoms with van der Waals surface area (Å²) < 4.78 is 7.42. The van der Waals surface area contributed by atoms with Crippen molar-refractivity contribution in [3.63, 3.8) is 0 Å². The molecule has 0 spiro atoms. The van der Waals surface area contributed by atoms with Gasteiger partial charge in [0.1, 0.15) is 17.1 Å². The molecule has 0 atom stereocenters. The van der Waals surface area contributed by atoms with Gasteiger partial charge in [0.25, 0.3) is 0 Å². The molecule has 2 aromatic rings. The van der Waals surface area contributed by atoms with E-state index in [2.05, 4.69) is 24.2 Å². The minimum atomic E-state index is -0.0984. The standard InChI is InChI=1S/C15H21N3O2/c1-4-20-15-8-6-5-7-13(15)18-14(9-11(2)3)12(10-19)16-17-18/h5-8,11,19H,4,9-10H2,1-3H3. The van der Waals surface area contributed by atoms with Crippen molar-refractivity contribution >= 4 is 0 Å². The van der Waals surface area contributed by atoms with Crippen LogP contribution in [0, 0.1) is 5.92 Å². The van der Waals surface area contributed by atoms with E-state index < -0.39 is 0 Å². The van der Waals surface area contributed by atoms with Crippen LogP contribution < -0.4 is 4.74 Å². The Balaban J connectivity index is 2.49. The molecule has 0 aliphatic carbocycles. The van der Waals surface area contributed by atoms with Crippen LogP contribution in [0.15, 0.2) is 24.3 Å². The van der Waals surface area contributed by atoms with Crippen LogP contribution in [0.5, 0.6) is 5.75 Å². The molecule has 0 aliphatic heterocycles. The first-order valence-corrected chi connectivity index (χ1v) is 6.93. The quantitative estimate of drug-likeness (QED) is 0.879. The van der Waals surface area contributed by atoms with E-state index in [1.807, 2.05) is 31.2 Å². The van der Waals surface area contributed by atoms with E-state index in [4.69, 9.17) is 4.74 Å². The monoisotopic (exact) mass is 275 g/mol. The van der Waals surface area contributed by atoms with Gasteiger partial charge in [-0.05, 0) is 31.4 Å². The lowest BCUT2D eigenvalue weighted by molar-refractivity contribution is 0.275. The lowest BCUT2D eigenvalue weighted by Crippen LogP contribution is -2.09. The van der Waals surface area contributed by atoms with Gasteiger partial charge in [0.05, 0.1) is 18.9 Å². The third kappa shape index (κ3) is 2.99. The van der Waals surface area contributed by atoms with Crippen LogP contribution in [-0.4, -0.2) is 26.7 Å². The van der Waals surface area contributed by atoms with Crippen molar-refractivity contribution in [1.82, 2.24) is 15.0 Å². The molecule has 5 nitrogen and oxygen atoms in total. The van der Waals surface area contributed by atoms with Gasteiger partial charge in [-0.25, -0.2) is 4.68 Å². The van der Waals surface area contributed by atoms with Crippen LogP contribution in [-0.2, 0) is 13.0 Å². The Labute approximate surface area is 119 Å². The van der Waals surface area contributed by atoms with Gasteiger partial charge in [-0.15, -0.1) is 5.10 Å². The number of ether oxygens (including phenoxy) is 1. The van der Waals surface area contributed by atoms with Crippen LogP contribution in [0.1, 0.15) is 32.2 Å². The van der Waals surface area contributed by atoms with Crippen molar-refractivity contribution < 1.29 is 9.84 Å². The van der Waals surface area contributed by atoms with E-state index in [9.17, 15) is 5.11 Å². The van der Waals surface area contributed by atoms with Gasteiger partial charge in [0, 0.05) is 0 Å². The molecule has 2 rings (SSSR count). The third-order valence-electron chi connectivity index (χ3n) is 2.99. The number of rotatable bonds is 6. The topological polar surface area (TPSA) is 60.2 Å². The molecule has 0 fully saturated rings. The first kappa shape index (κ1) is 14.5. The molecular formula is C15H21N3O2. The number of para-hydroxylation sites is 2. The molecule has 0 saturated heterocycles. The van der Waals surface area contributed by atoms with E-state index in [1.165, 1.54) is 0 Å². The number of aliphatic hydroxyl groups excluding tert-OH is 1. The highest BCUT2D eigenvalue weighted by Gasteiger charge is 2.17. The molecule has 1 N–H and O–H groups in total. The SMILES string of the molecule is CCOc1ccccc1-n1nnc(CO)c1CC(C)C. The van der Waals surface area contributed by atoms with Crippen molar-refractivity contribution in [2.24, 2.45) is 5.92 Å². The van der Waals surface area contributed by atoms with Crippen LogP contribution in [0.4, 0.5) is 0 Å². The van der Waals surface area contributed by atoms with Crippen molar-refractivity contribution in [1.29, 1.82) is 0 Å². The number of aliphatic hydroxyl groups is 1. The Bertz CT molecular complexity index is 564. The van der Waals surface area contributed by atoms with Crippen molar-refractivity contribution in [2.75, 3.05) is 6.61 Å². The predicted octanol–water partition coefficient (Wildman–Crippen LogP) is 2.36. The van der Waals surface area contributed by atoms with Gasteiger partial charge in [0.2, 0.25) is 0 Å². The molecule has 0 bridgehead atoms. The summed E-state index contributed by atoms with van der Waals surface area (Å²) >= 11 is 0. The fourth-order valence-electron chi connectivity index (χ4n) is 2.15. The van der Waals surface area contributed by atoms with Gasteiger partial charge in [0.15, 0.2) is 0 Å². The Hall–Kier alpha value is -1.88. The smallest absolute Gasteiger partial charge is 0.145 e. The van der Waals surface area contributed by atoms with Gasteiger partial charge in [-0.3, -0.25) is 0 Å². The normalized spacial score (nSPS) is 11.1. The van der Waals surface area contributed by atoms with E-state index in [0.717, 1.165) is 23.6 Å². The van der Waals surface area contributed by atoms with Crippen LogP contribution in [0.3, 0.4) is 0 Å². The van der Waals surface area contributed by atoms with Crippen LogP contribution >= 0.6 is 0 Å². The minimum Gasteiger partial charge on any atom is -0.492 e. The third-order valence-corrected chi connectivity index (χ3v) is 2.99. The Morgan fingerprint density at radius 2 is 2.05 bits per heavy atom. The summed E-state index contributed by atoms with van der Waals surface area (Å²) in [6.45, 7) is 6.71. The molecule has 20 heavy (non-hydrogen) atoms. The Morgan fingerprint density at radius 3 is 2.70 bits per heavy atom. The second kappa shape index (κ2) is 6.52. The average molecular weight is 275 g/mol. The molecule has 1 aromatic heterocycles. The zero-order chi connectivity index (χ0) is 14.5. The van der Waals surface area contributed by atoms with Gasteiger partial charge < -0.3 is 9.84 Å². The van der Waals surface area contributed by atoms with Crippen molar-refractivity contribution in [2.45, 2.75) is 33.8 Å². The molecule has 1 aromatic carbocycles. The summed E-state index contributed by atoms with van der Waals surface area (Å²) in [4.78, 5) is 0. The zero-order valence-electron chi connectivity index (χ0n) is 12.2. The van der Waals surface area contributed by atoms with E-state index in [-0.39, 0.29) is 6.61 Å². The highest BCUT2D eigenvalue weighted by molar-refractivity contribution is 5.47. The zero-order valence-corrected chi connectivity index (χ0v) is 12.2. The summed E-state index contributed by atoms with van der Waals surface area (Å²) in [7, 11) is 0. The molecule has 0 aliphatic rings. The molecule has 108 valence electrons. The van der Waals surface area contributed by atoms with Crippen LogP contribution in [0.25, 0.3) is 5.69 Å². The van der Waals surface area contributed by atoms with Gasteiger partial charge in [-0.2, -0.15) is 0 Å². The van der Waals surface area contributed by atoms with Crippen LogP contribution in [0.2, 0.25) is 0 Å². The molecule has 5 heteroatoms. The van der Waals surface area contributed by atoms with Gasteiger partial charge >= 0.3 is 0 Å². The Kier molecular flexibility index (Phi) is 4.74. The van der Waals surface area contributed by atoms with E-state index in [1.54, 1.807) is 4.68 Å². The second-order valence-corrected chi connectivity index (χ2v) is 5.05. The second-order valence-electron chi connectivity index (χ2n) is 5.05.